The third-order valence-corrected chi connectivity index (χ3v) is 3.52. The molecule has 0 amide bonds. The molecule has 0 aliphatic carbocycles. The van der Waals surface area contributed by atoms with Crippen molar-refractivity contribution in [2.75, 3.05) is 14.2 Å². The van der Waals surface area contributed by atoms with Crippen LogP contribution < -0.4 is 11.2 Å². The van der Waals surface area contributed by atoms with Crippen LogP contribution in [0.15, 0.2) is 39.9 Å². The summed E-state index contributed by atoms with van der Waals surface area (Å²) >= 11 is 0. The van der Waals surface area contributed by atoms with Gasteiger partial charge in [0.05, 0.1) is 6.54 Å². The summed E-state index contributed by atoms with van der Waals surface area (Å²) < 4.78 is 11.8. The van der Waals surface area contributed by atoms with E-state index in [9.17, 15) is 14.4 Å². The normalized spacial score (nSPS) is 11.0. The maximum absolute atomic E-state index is 12.5. The first-order chi connectivity index (χ1) is 11.5. The summed E-state index contributed by atoms with van der Waals surface area (Å²) in [4.78, 5) is 37.2. The molecule has 2 aromatic rings. The second kappa shape index (κ2) is 7.80. The van der Waals surface area contributed by atoms with E-state index in [4.69, 9.17) is 9.47 Å². The van der Waals surface area contributed by atoms with Crippen LogP contribution in [0.4, 0.5) is 0 Å². The monoisotopic (exact) mass is 333 g/mol. The van der Waals surface area contributed by atoms with Gasteiger partial charge in [-0.15, -0.1) is 0 Å². The van der Waals surface area contributed by atoms with Crippen LogP contribution in [-0.4, -0.2) is 40.8 Å². The van der Waals surface area contributed by atoms with Crippen LogP contribution >= 0.6 is 0 Å². The number of rotatable bonds is 6. The average Bonchev–Trinajstić information content (AvgIpc) is 2.60. The maximum Gasteiger partial charge on any atom is 0.354 e. The van der Waals surface area contributed by atoms with Crippen molar-refractivity contribution in [3.63, 3.8) is 0 Å². The topological polar surface area (TPSA) is 92.4 Å². The number of nitrogens with zero attached hydrogens (tertiary/aromatic N) is 3. The number of benzene rings is 1. The van der Waals surface area contributed by atoms with Gasteiger partial charge in [0.25, 0.3) is 11.5 Å². The van der Waals surface area contributed by atoms with Gasteiger partial charge in [-0.25, -0.2) is 9.48 Å². The SMILES string of the molecule is COC(CCn1nc(C)c(=O)n(C(=O)c2ccccc2)c1=O)OC. The van der Waals surface area contributed by atoms with Crippen molar-refractivity contribution in [2.24, 2.45) is 0 Å². The van der Waals surface area contributed by atoms with Crippen molar-refractivity contribution >= 4 is 5.91 Å². The van der Waals surface area contributed by atoms with Gasteiger partial charge >= 0.3 is 5.69 Å². The zero-order chi connectivity index (χ0) is 17.7. The number of ether oxygens (including phenoxy) is 2. The molecule has 1 aromatic carbocycles. The number of aromatic nitrogens is 3. The lowest BCUT2D eigenvalue weighted by Gasteiger charge is -2.14. The molecule has 0 spiro atoms. The summed E-state index contributed by atoms with van der Waals surface area (Å²) in [5, 5.41) is 3.96. The van der Waals surface area contributed by atoms with Crippen molar-refractivity contribution in [1.29, 1.82) is 0 Å². The van der Waals surface area contributed by atoms with Crippen molar-refractivity contribution in [1.82, 2.24) is 14.3 Å². The molecule has 128 valence electrons. The Morgan fingerprint density at radius 2 is 1.79 bits per heavy atom. The third-order valence-electron chi connectivity index (χ3n) is 3.52. The molecule has 2 rings (SSSR count). The summed E-state index contributed by atoms with van der Waals surface area (Å²) in [5.41, 5.74) is -1.20. The van der Waals surface area contributed by atoms with Crippen LogP contribution in [0.25, 0.3) is 0 Å². The van der Waals surface area contributed by atoms with Gasteiger partial charge in [0.1, 0.15) is 5.69 Å². The van der Waals surface area contributed by atoms with Crippen LogP contribution in [0.5, 0.6) is 0 Å². The second-order valence-electron chi connectivity index (χ2n) is 5.09. The highest BCUT2D eigenvalue weighted by Crippen LogP contribution is 2.01. The first-order valence-corrected chi connectivity index (χ1v) is 7.35. The molecule has 0 atom stereocenters. The van der Waals surface area contributed by atoms with E-state index in [0.29, 0.717) is 11.0 Å². The van der Waals surface area contributed by atoms with Crippen LogP contribution in [0.2, 0.25) is 0 Å². The van der Waals surface area contributed by atoms with Gasteiger partial charge in [-0.05, 0) is 19.1 Å². The van der Waals surface area contributed by atoms with Crippen LogP contribution in [0.3, 0.4) is 0 Å². The average molecular weight is 333 g/mol. The lowest BCUT2D eigenvalue weighted by molar-refractivity contribution is -0.108. The van der Waals surface area contributed by atoms with Crippen molar-refractivity contribution in [2.45, 2.75) is 26.2 Å². The molecular weight excluding hydrogens is 314 g/mol. The standard InChI is InChI=1S/C16H19N3O5/c1-11-14(20)19(15(21)12-7-5-4-6-8-12)16(22)18(17-11)10-9-13(23-2)24-3/h4-8,13H,9-10H2,1-3H3. The fraction of sp³-hybridized carbons (Fsp3) is 0.375. The zero-order valence-electron chi connectivity index (χ0n) is 13.8. The molecular formula is C16H19N3O5. The Morgan fingerprint density at radius 3 is 2.38 bits per heavy atom. The minimum absolute atomic E-state index is 0.0604. The number of carbonyl (C=O) groups excluding carboxylic acids is 1. The van der Waals surface area contributed by atoms with E-state index >= 15 is 0 Å². The summed E-state index contributed by atoms with van der Waals surface area (Å²) in [6.45, 7) is 1.60. The van der Waals surface area contributed by atoms with E-state index in [1.165, 1.54) is 21.1 Å². The lowest BCUT2D eigenvalue weighted by atomic mass is 10.2. The van der Waals surface area contributed by atoms with E-state index < -0.39 is 23.4 Å². The Bertz CT molecular complexity index is 822. The van der Waals surface area contributed by atoms with Gasteiger partial charge in [0.15, 0.2) is 6.29 Å². The molecule has 0 saturated heterocycles. The van der Waals surface area contributed by atoms with E-state index in [1.807, 2.05) is 0 Å². The summed E-state index contributed by atoms with van der Waals surface area (Å²) in [6, 6.07) is 8.14. The van der Waals surface area contributed by atoms with Gasteiger partial charge < -0.3 is 9.47 Å². The summed E-state index contributed by atoms with van der Waals surface area (Å²) in [5.74, 6) is -0.681. The lowest BCUT2D eigenvalue weighted by Crippen LogP contribution is -2.46. The third kappa shape index (κ3) is 3.66. The summed E-state index contributed by atoms with van der Waals surface area (Å²) in [6.07, 6.45) is -0.166. The number of methoxy groups -OCH3 is 2. The van der Waals surface area contributed by atoms with E-state index in [-0.39, 0.29) is 17.8 Å². The molecule has 0 fully saturated rings. The minimum atomic E-state index is -0.787. The maximum atomic E-state index is 12.5. The predicted octanol–water partition coefficient (Wildman–Crippen LogP) is 0.411. The van der Waals surface area contributed by atoms with Crippen LogP contribution in [0.1, 0.15) is 22.5 Å². The first kappa shape index (κ1) is 17.8. The Balaban J connectivity index is 2.44. The fourth-order valence-electron chi connectivity index (χ4n) is 2.22. The van der Waals surface area contributed by atoms with Crippen molar-refractivity contribution in [3.05, 3.63) is 62.4 Å². The second-order valence-corrected chi connectivity index (χ2v) is 5.09. The molecule has 24 heavy (non-hydrogen) atoms. The van der Waals surface area contributed by atoms with Crippen molar-refractivity contribution in [3.8, 4) is 0 Å². The number of aryl methyl sites for hydroxylation is 2. The smallest absolute Gasteiger partial charge is 0.354 e. The largest absolute Gasteiger partial charge is 0.356 e. The highest BCUT2D eigenvalue weighted by molar-refractivity contribution is 5.95. The molecule has 8 heteroatoms. The Morgan fingerprint density at radius 1 is 1.17 bits per heavy atom. The highest BCUT2D eigenvalue weighted by atomic mass is 16.7. The molecule has 1 aromatic heterocycles. The molecule has 0 unspecified atom stereocenters. The minimum Gasteiger partial charge on any atom is -0.356 e. The molecule has 1 heterocycles. The molecule has 0 saturated carbocycles. The Hall–Kier alpha value is -2.58. The molecule has 0 bridgehead atoms. The van der Waals surface area contributed by atoms with Gasteiger partial charge in [0, 0.05) is 26.2 Å². The fourth-order valence-corrected chi connectivity index (χ4v) is 2.22. The van der Waals surface area contributed by atoms with Crippen LogP contribution in [-0.2, 0) is 16.0 Å². The Kier molecular flexibility index (Phi) is 5.78. The zero-order valence-corrected chi connectivity index (χ0v) is 13.8. The van der Waals surface area contributed by atoms with E-state index in [1.54, 1.807) is 30.3 Å². The van der Waals surface area contributed by atoms with E-state index in [0.717, 1.165) is 4.68 Å². The van der Waals surface area contributed by atoms with Crippen molar-refractivity contribution < 1.29 is 14.3 Å². The highest BCUT2D eigenvalue weighted by Gasteiger charge is 2.18. The molecule has 0 aliphatic rings. The molecule has 0 radical (unpaired) electrons. The Labute approximate surface area is 138 Å². The van der Waals surface area contributed by atoms with Gasteiger partial charge in [-0.3, -0.25) is 9.59 Å². The number of hydrogen-bond acceptors (Lipinski definition) is 6. The molecule has 0 N–H and O–H groups in total. The van der Waals surface area contributed by atoms with E-state index in [2.05, 4.69) is 5.10 Å². The van der Waals surface area contributed by atoms with Crippen LogP contribution in [0, 0.1) is 6.92 Å². The van der Waals surface area contributed by atoms with Gasteiger partial charge in [0.2, 0.25) is 0 Å². The number of hydrogen-bond donors (Lipinski definition) is 0. The molecule has 0 aliphatic heterocycles. The predicted molar refractivity (Wildman–Crippen MR) is 86.1 cm³/mol. The van der Waals surface area contributed by atoms with Gasteiger partial charge in [-0.1, -0.05) is 18.2 Å². The summed E-state index contributed by atoms with van der Waals surface area (Å²) in [7, 11) is 2.96. The van der Waals surface area contributed by atoms with Gasteiger partial charge in [-0.2, -0.15) is 9.67 Å². The molecule has 8 nitrogen and oxygen atoms in total. The quantitative estimate of drug-likeness (QED) is 0.711. The first-order valence-electron chi connectivity index (χ1n) is 7.35. The number of carbonyl (C=O) groups is 1.